The van der Waals surface area contributed by atoms with Gasteiger partial charge in [-0.1, -0.05) is 18.2 Å². The SMILES string of the molecule is Nc1ccccc1C1Cc2cc(O)ccc2N1. The largest absolute Gasteiger partial charge is 0.508 e. The summed E-state index contributed by atoms with van der Waals surface area (Å²) in [7, 11) is 0. The van der Waals surface area contributed by atoms with E-state index in [0.717, 1.165) is 28.9 Å². The maximum Gasteiger partial charge on any atom is 0.116 e. The van der Waals surface area contributed by atoms with Gasteiger partial charge in [0.2, 0.25) is 0 Å². The van der Waals surface area contributed by atoms with E-state index in [-0.39, 0.29) is 6.04 Å². The topological polar surface area (TPSA) is 58.3 Å². The fourth-order valence-corrected chi connectivity index (χ4v) is 2.36. The van der Waals surface area contributed by atoms with Crippen molar-refractivity contribution in [2.45, 2.75) is 12.5 Å². The number of nitrogens with two attached hydrogens (primary N) is 1. The number of anilines is 2. The van der Waals surface area contributed by atoms with Crippen molar-refractivity contribution in [3.05, 3.63) is 53.6 Å². The number of nitrogen functional groups attached to an aromatic ring is 1. The van der Waals surface area contributed by atoms with Crippen LogP contribution in [-0.4, -0.2) is 5.11 Å². The average Bonchev–Trinajstić information content (AvgIpc) is 2.72. The van der Waals surface area contributed by atoms with Gasteiger partial charge in [-0.05, 0) is 41.8 Å². The zero-order chi connectivity index (χ0) is 11.8. The molecule has 0 spiro atoms. The first-order valence-electron chi connectivity index (χ1n) is 5.67. The second kappa shape index (κ2) is 3.70. The monoisotopic (exact) mass is 226 g/mol. The van der Waals surface area contributed by atoms with Gasteiger partial charge in [0.25, 0.3) is 0 Å². The smallest absolute Gasteiger partial charge is 0.116 e. The van der Waals surface area contributed by atoms with Gasteiger partial charge in [0.1, 0.15) is 5.75 Å². The molecule has 1 atom stereocenters. The Morgan fingerprint density at radius 3 is 2.82 bits per heavy atom. The molecule has 3 nitrogen and oxygen atoms in total. The average molecular weight is 226 g/mol. The molecule has 1 heterocycles. The first-order valence-corrected chi connectivity index (χ1v) is 5.67. The van der Waals surface area contributed by atoms with Crippen LogP contribution in [-0.2, 0) is 6.42 Å². The van der Waals surface area contributed by atoms with Crippen LogP contribution >= 0.6 is 0 Å². The third-order valence-corrected chi connectivity index (χ3v) is 3.21. The zero-order valence-electron chi connectivity index (χ0n) is 9.35. The van der Waals surface area contributed by atoms with E-state index in [9.17, 15) is 5.11 Å². The van der Waals surface area contributed by atoms with Gasteiger partial charge in [-0.25, -0.2) is 0 Å². The van der Waals surface area contributed by atoms with Crippen molar-refractivity contribution in [1.82, 2.24) is 0 Å². The third kappa shape index (κ3) is 1.69. The molecule has 0 fully saturated rings. The van der Waals surface area contributed by atoms with Crippen molar-refractivity contribution in [2.24, 2.45) is 0 Å². The molecule has 1 aliphatic rings. The second-order valence-corrected chi connectivity index (χ2v) is 4.37. The van der Waals surface area contributed by atoms with Crippen LogP contribution in [0.4, 0.5) is 11.4 Å². The molecule has 0 radical (unpaired) electrons. The van der Waals surface area contributed by atoms with Crippen LogP contribution in [0.15, 0.2) is 42.5 Å². The van der Waals surface area contributed by atoms with E-state index < -0.39 is 0 Å². The maximum absolute atomic E-state index is 9.46. The molecule has 4 N–H and O–H groups in total. The molecule has 1 unspecified atom stereocenters. The molecule has 17 heavy (non-hydrogen) atoms. The van der Waals surface area contributed by atoms with E-state index in [2.05, 4.69) is 5.32 Å². The number of phenols is 1. The molecule has 3 rings (SSSR count). The number of benzene rings is 2. The van der Waals surface area contributed by atoms with E-state index in [1.807, 2.05) is 36.4 Å². The predicted octanol–water partition coefficient (Wildman–Crippen LogP) is 2.68. The summed E-state index contributed by atoms with van der Waals surface area (Å²) in [5.74, 6) is 0.312. The lowest BCUT2D eigenvalue weighted by molar-refractivity contribution is 0.475. The molecular formula is C14H14N2O. The highest BCUT2D eigenvalue weighted by atomic mass is 16.3. The van der Waals surface area contributed by atoms with Crippen LogP contribution in [0, 0.1) is 0 Å². The van der Waals surface area contributed by atoms with Gasteiger partial charge in [0.15, 0.2) is 0 Å². The Hall–Kier alpha value is -2.16. The summed E-state index contributed by atoms with van der Waals surface area (Å²) in [5.41, 5.74) is 10.1. The number of hydrogen-bond acceptors (Lipinski definition) is 3. The van der Waals surface area contributed by atoms with Crippen molar-refractivity contribution < 1.29 is 5.11 Å². The molecule has 2 aromatic rings. The minimum Gasteiger partial charge on any atom is -0.508 e. The number of rotatable bonds is 1. The molecular weight excluding hydrogens is 212 g/mol. The first kappa shape index (κ1) is 10.0. The lowest BCUT2D eigenvalue weighted by Crippen LogP contribution is -2.08. The second-order valence-electron chi connectivity index (χ2n) is 4.37. The highest BCUT2D eigenvalue weighted by molar-refractivity contribution is 5.62. The Morgan fingerprint density at radius 1 is 1.18 bits per heavy atom. The lowest BCUT2D eigenvalue weighted by Gasteiger charge is -2.13. The van der Waals surface area contributed by atoms with Gasteiger partial charge < -0.3 is 16.2 Å². The third-order valence-electron chi connectivity index (χ3n) is 3.21. The summed E-state index contributed by atoms with van der Waals surface area (Å²) < 4.78 is 0. The molecule has 86 valence electrons. The van der Waals surface area contributed by atoms with E-state index in [4.69, 9.17) is 5.73 Å². The van der Waals surface area contributed by atoms with E-state index in [0.29, 0.717) is 5.75 Å². The van der Waals surface area contributed by atoms with Crippen molar-refractivity contribution in [3.8, 4) is 5.75 Å². The maximum atomic E-state index is 9.46. The number of phenolic OH excluding ortho intramolecular Hbond substituents is 1. The van der Waals surface area contributed by atoms with Gasteiger partial charge >= 0.3 is 0 Å². The van der Waals surface area contributed by atoms with Crippen LogP contribution in [0.25, 0.3) is 0 Å². The zero-order valence-corrected chi connectivity index (χ0v) is 9.35. The summed E-state index contributed by atoms with van der Waals surface area (Å²) in [6.45, 7) is 0. The van der Waals surface area contributed by atoms with Gasteiger partial charge in [-0.15, -0.1) is 0 Å². The molecule has 0 aromatic heterocycles. The van der Waals surface area contributed by atoms with Crippen LogP contribution in [0.2, 0.25) is 0 Å². The minimum absolute atomic E-state index is 0.202. The number of nitrogens with one attached hydrogen (secondary N) is 1. The van der Waals surface area contributed by atoms with Crippen LogP contribution < -0.4 is 11.1 Å². The van der Waals surface area contributed by atoms with Gasteiger partial charge in [-0.2, -0.15) is 0 Å². The Kier molecular flexibility index (Phi) is 2.18. The fraction of sp³-hybridized carbons (Fsp3) is 0.143. The van der Waals surface area contributed by atoms with Gasteiger partial charge in [0.05, 0.1) is 6.04 Å². The summed E-state index contributed by atoms with van der Waals surface area (Å²) in [5, 5.41) is 12.9. The highest BCUT2D eigenvalue weighted by Crippen LogP contribution is 2.37. The lowest BCUT2D eigenvalue weighted by atomic mass is 10.0. The van der Waals surface area contributed by atoms with Gasteiger partial charge in [-0.3, -0.25) is 0 Å². The normalized spacial score (nSPS) is 17.5. The Morgan fingerprint density at radius 2 is 2.00 bits per heavy atom. The quantitative estimate of drug-likeness (QED) is 0.517. The molecule has 0 bridgehead atoms. The summed E-state index contributed by atoms with van der Waals surface area (Å²) >= 11 is 0. The van der Waals surface area contributed by atoms with Crippen LogP contribution in [0.1, 0.15) is 17.2 Å². The number of para-hydroxylation sites is 1. The van der Waals surface area contributed by atoms with Gasteiger partial charge in [0, 0.05) is 11.4 Å². The standard InChI is InChI=1S/C14H14N2O/c15-12-4-2-1-3-11(12)14-8-9-7-10(17)5-6-13(9)16-14/h1-7,14,16-17H,8,15H2. The van der Waals surface area contributed by atoms with Crippen molar-refractivity contribution in [2.75, 3.05) is 11.1 Å². The molecule has 0 aliphatic carbocycles. The van der Waals surface area contributed by atoms with E-state index >= 15 is 0 Å². The van der Waals surface area contributed by atoms with Crippen molar-refractivity contribution >= 4 is 11.4 Å². The Labute approximate surface area is 99.9 Å². The summed E-state index contributed by atoms with van der Waals surface area (Å²) in [4.78, 5) is 0. The Balaban J connectivity index is 1.94. The minimum atomic E-state index is 0.202. The van der Waals surface area contributed by atoms with Crippen LogP contribution in [0.3, 0.4) is 0 Å². The molecule has 1 aliphatic heterocycles. The Bertz CT molecular complexity index is 566. The molecule has 0 amide bonds. The van der Waals surface area contributed by atoms with Crippen molar-refractivity contribution in [1.29, 1.82) is 0 Å². The summed E-state index contributed by atoms with van der Waals surface area (Å²) in [6, 6.07) is 13.5. The molecule has 0 saturated carbocycles. The summed E-state index contributed by atoms with van der Waals surface area (Å²) in [6.07, 6.45) is 0.859. The van der Waals surface area contributed by atoms with Crippen molar-refractivity contribution in [3.63, 3.8) is 0 Å². The van der Waals surface area contributed by atoms with Crippen LogP contribution in [0.5, 0.6) is 5.75 Å². The molecule has 2 aromatic carbocycles. The molecule has 3 heteroatoms. The first-order chi connectivity index (χ1) is 8.24. The van der Waals surface area contributed by atoms with E-state index in [1.165, 1.54) is 0 Å². The highest BCUT2D eigenvalue weighted by Gasteiger charge is 2.23. The number of fused-ring (bicyclic) bond motifs is 1. The number of hydrogen-bond donors (Lipinski definition) is 3. The molecule has 0 saturated heterocycles. The predicted molar refractivity (Wildman–Crippen MR) is 69.0 cm³/mol. The van der Waals surface area contributed by atoms with E-state index in [1.54, 1.807) is 6.07 Å². The number of aromatic hydroxyl groups is 1. The fourth-order valence-electron chi connectivity index (χ4n) is 2.36.